The van der Waals surface area contributed by atoms with Gasteiger partial charge in [-0.2, -0.15) is 0 Å². The van der Waals surface area contributed by atoms with E-state index in [1.807, 2.05) is 18.3 Å². The van der Waals surface area contributed by atoms with Crippen molar-refractivity contribution in [3.8, 4) is 0 Å². The van der Waals surface area contributed by atoms with Crippen molar-refractivity contribution in [1.29, 1.82) is 0 Å². The summed E-state index contributed by atoms with van der Waals surface area (Å²) in [6.07, 6.45) is 3.54. The molecule has 2 aliphatic rings. The maximum Gasteiger partial charge on any atom is 0.171 e. The SMILES string of the molecule is NC1N=CC2=C(N1)c1ccccc1SC=C2. The Morgan fingerprint density at radius 2 is 2.19 bits per heavy atom. The Morgan fingerprint density at radius 3 is 3.12 bits per heavy atom. The molecule has 0 fully saturated rings. The van der Waals surface area contributed by atoms with Crippen LogP contribution in [0.2, 0.25) is 0 Å². The lowest BCUT2D eigenvalue weighted by Crippen LogP contribution is -2.37. The van der Waals surface area contributed by atoms with Crippen LogP contribution in [0.15, 0.2) is 51.2 Å². The summed E-state index contributed by atoms with van der Waals surface area (Å²) < 4.78 is 0. The van der Waals surface area contributed by atoms with E-state index < -0.39 is 0 Å². The molecule has 0 aromatic heterocycles. The van der Waals surface area contributed by atoms with Crippen molar-refractivity contribution in [3.05, 3.63) is 46.9 Å². The minimum absolute atomic E-state index is 0.344. The van der Waals surface area contributed by atoms with Gasteiger partial charge in [0.1, 0.15) is 0 Å². The van der Waals surface area contributed by atoms with E-state index in [9.17, 15) is 0 Å². The molecule has 0 spiro atoms. The Bertz CT molecular complexity index is 513. The van der Waals surface area contributed by atoms with Crippen LogP contribution >= 0.6 is 11.8 Å². The van der Waals surface area contributed by atoms with E-state index in [2.05, 4.69) is 33.9 Å². The molecule has 0 aliphatic carbocycles. The van der Waals surface area contributed by atoms with Gasteiger partial charge < -0.3 is 5.32 Å². The minimum Gasteiger partial charge on any atom is -0.351 e. The molecule has 0 radical (unpaired) electrons. The van der Waals surface area contributed by atoms with Crippen molar-refractivity contribution < 1.29 is 0 Å². The number of aliphatic imine (C=N–C) groups is 1. The predicted molar refractivity (Wildman–Crippen MR) is 68.0 cm³/mol. The molecule has 3 rings (SSSR count). The van der Waals surface area contributed by atoms with Crippen LogP contribution in [0, 0.1) is 0 Å². The Morgan fingerprint density at radius 1 is 1.31 bits per heavy atom. The van der Waals surface area contributed by atoms with Gasteiger partial charge in [-0.15, -0.1) is 0 Å². The van der Waals surface area contributed by atoms with Crippen molar-refractivity contribution in [2.75, 3.05) is 0 Å². The molecule has 0 amide bonds. The number of thioether (sulfide) groups is 1. The third kappa shape index (κ3) is 1.56. The van der Waals surface area contributed by atoms with E-state index in [0.717, 1.165) is 11.3 Å². The van der Waals surface area contributed by atoms with Crippen LogP contribution in [0.25, 0.3) is 5.70 Å². The zero-order chi connectivity index (χ0) is 11.0. The number of allylic oxidation sites excluding steroid dienone is 2. The van der Waals surface area contributed by atoms with Crippen LogP contribution in [-0.2, 0) is 0 Å². The van der Waals surface area contributed by atoms with Crippen molar-refractivity contribution in [2.45, 2.75) is 11.2 Å². The van der Waals surface area contributed by atoms with Crippen molar-refractivity contribution in [3.63, 3.8) is 0 Å². The van der Waals surface area contributed by atoms with Crippen LogP contribution in [-0.4, -0.2) is 12.5 Å². The van der Waals surface area contributed by atoms with Gasteiger partial charge in [-0.25, -0.2) is 0 Å². The first-order chi connectivity index (χ1) is 7.84. The van der Waals surface area contributed by atoms with E-state index in [1.165, 1.54) is 10.5 Å². The van der Waals surface area contributed by atoms with E-state index in [0.29, 0.717) is 0 Å². The first-order valence-corrected chi connectivity index (χ1v) is 5.95. The van der Waals surface area contributed by atoms with Gasteiger partial charge in [0.15, 0.2) is 6.29 Å². The Kier molecular flexibility index (Phi) is 2.31. The number of nitrogens with two attached hydrogens (primary N) is 1. The number of nitrogens with zero attached hydrogens (tertiary/aromatic N) is 1. The van der Waals surface area contributed by atoms with Gasteiger partial charge in [-0.3, -0.25) is 10.7 Å². The minimum atomic E-state index is -0.344. The Balaban J connectivity index is 2.19. The number of rotatable bonds is 0. The molecule has 4 heteroatoms. The molecule has 16 heavy (non-hydrogen) atoms. The third-order valence-corrected chi connectivity index (χ3v) is 3.44. The molecule has 0 saturated carbocycles. The quantitative estimate of drug-likeness (QED) is 0.714. The second-order valence-electron chi connectivity index (χ2n) is 3.61. The van der Waals surface area contributed by atoms with Crippen LogP contribution in [0.3, 0.4) is 0 Å². The van der Waals surface area contributed by atoms with Gasteiger partial charge in [0, 0.05) is 22.2 Å². The van der Waals surface area contributed by atoms with Gasteiger partial charge in [-0.05, 0) is 17.6 Å². The summed E-state index contributed by atoms with van der Waals surface area (Å²) >= 11 is 1.71. The molecule has 1 aromatic carbocycles. The second-order valence-corrected chi connectivity index (χ2v) is 4.56. The van der Waals surface area contributed by atoms with Gasteiger partial charge >= 0.3 is 0 Å². The summed E-state index contributed by atoms with van der Waals surface area (Å²) in [7, 11) is 0. The molecule has 3 N–H and O–H groups in total. The molecular weight excluding hydrogens is 218 g/mol. The molecule has 0 saturated heterocycles. The van der Waals surface area contributed by atoms with Crippen LogP contribution in [0.4, 0.5) is 0 Å². The van der Waals surface area contributed by atoms with Gasteiger partial charge in [0.25, 0.3) is 0 Å². The number of fused-ring (bicyclic) bond motifs is 2. The largest absolute Gasteiger partial charge is 0.351 e. The van der Waals surface area contributed by atoms with Crippen molar-refractivity contribution in [2.24, 2.45) is 10.7 Å². The van der Waals surface area contributed by atoms with E-state index >= 15 is 0 Å². The number of hydrogen-bond donors (Lipinski definition) is 2. The molecule has 1 aromatic rings. The molecule has 1 atom stereocenters. The smallest absolute Gasteiger partial charge is 0.171 e. The Labute approximate surface area is 98.1 Å². The molecular formula is C12H11N3S. The van der Waals surface area contributed by atoms with Crippen molar-refractivity contribution >= 4 is 23.7 Å². The molecule has 0 bridgehead atoms. The fourth-order valence-corrected chi connectivity index (χ4v) is 2.63. The molecule has 2 heterocycles. The summed E-state index contributed by atoms with van der Waals surface area (Å²) in [5, 5.41) is 5.28. The highest BCUT2D eigenvalue weighted by Gasteiger charge is 2.17. The average Bonchev–Trinajstić information content (AvgIpc) is 2.48. The van der Waals surface area contributed by atoms with Gasteiger partial charge in [-0.1, -0.05) is 30.0 Å². The van der Waals surface area contributed by atoms with E-state index in [1.54, 1.807) is 11.8 Å². The van der Waals surface area contributed by atoms with E-state index in [-0.39, 0.29) is 6.29 Å². The highest BCUT2D eigenvalue weighted by atomic mass is 32.2. The maximum absolute atomic E-state index is 5.78. The summed E-state index contributed by atoms with van der Waals surface area (Å²) in [5.41, 5.74) is 9.12. The van der Waals surface area contributed by atoms with Crippen LogP contribution < -0.4 is 11.1 Å². The number of hydrogen-bond acceptors (Lipinski definition) is 4. The first kappa shape index (κ1) is 9.69. The fourth-order valence-electron chi connectivity index (χ4n) is 1.81. The van der Waals surface area contributed by atoms with Gasteiger partial charge in [0.05, 0.1) is 5.70 Å². The average molecular weight is 229 g/mol. The first-order valence-electron chi connectivity index (χ1n) is 5.07. The monoisotopic (exact) mass is 229 g/mol. The molecule has 3 nitrogen and oxygen atoms in total. The fraction of sp³-hybridized carbons (Fsp3) is 0.0833. The summed E-state index contributed by atoms with van der Waals surface area (Å²) in [6.45, 7) is 0. The zero-order valence-electron chi connectivity index (χ0n) is 8.55. The highest BCUT2D eigenvalue weighted by molar-refractivity contribution is 8.02. The molecule has 1 unspecified atom stereocenters. The second kappa shape index (κ2) is 3.81. The lowest BCUT2D eigenvalue weighted by molar-refractivity contribution is 0.649. The van der Waals surface area contributed by atoms with Crippen LogP contribution in [0.5, 0.6) is 0 Å². The number of nitrogens with one attached hydrogen (secondary N) is 1. The zero-order valence-corrected chi connectivity index (χ0v) is 9.37. The number of benzene rings is 1. The summed E-state index contributed by atoms with van der Waals surface area (Å²) in [5.74, 6) is 0. The topological polar surface area (TPSA) is 50.4 Å². The maximum atomic E-state index is 5.78. The summed E-state index contributed by atoms with van der Waals surface area (Å²) in [4.78, 5) is 5.39. The normalized spacial score (nSPS) is 22.2. The molecule has 80 valence electrons. The summed E-state index contributed by atoms with van der Waals surface area (Å²) in [6, 6.07) is 8.29. The van der Waals surface area contributed by atoms with Crippen LogP contribution in [0.1, 0.15) is 5.56 Å². The van der Waals surface area contributed by atoms with E-state index in [4.69, 9.17) is 5.73 Å². The third-order valence-electron chi connectivity index (χ3n) is 2.55. The standard InChI is InChI=1S/C12H11N3S/c13-12-14-7-8-5-6-16-10-4-2-1-3-9(10)11(8)15-12/h1-7,12,15H,13H2. The lowest BCUT2D eigenvalue weighted by atomic mass is 10.1. The molecule has 2 aliphatic heterocycles. The lowest BCUT2D eigenvalue weighted by Gasteiger charge is -2.21. The predicted octanol–water partition coefficient (Wildman–Crippen LogP) is 1.93. The Hall–Kier alpha value is -1.52. The van der Waals surface area contributed by atoms with Crippen molar-refractivity contribution in [1.82, 2.24) is 5.32 Å². The highest BCUT2D eigenvalue weighted by Crippen LogP contribution is 2.33. The van der Waals surface area contributed by atoms with Gasteiger partial charge in [0.2, 0.25) is 0 Å².